The molecule has 6 heteroatoms. The first-order chi connectivity index (χ1) is 13.1. The van der Waals surface area contributed by atoms with E-state index in [0.29, 0.717) is 23.0 Å². The van der Waals surface area contributed by atoms with Crippen molar-refractivity contribution in [2.45, 2.75) is 12.8 Å². The SMILES string of the molecule is CN=C(C(=C(N)c1ccc(F)cc1)c1ccc2ncc(C#N)n2c1)C1CC1. The Hall–Kier alpha value is -3.46. The Morgan fingerprint density at radius 1 is 1.22 bits per heavy atom. The van der Waals surface area contributed by atoms with Crippen LogP contribution in [0.5, 0.6) is 0 Å². The molecule has 3 aromatic rings. The van der Waals surface area contributed by atoms with Crippen molar-refractivity contribution >= 4 is 22.6 Å². The van der Waals surface area contributed by atoms with Crippen molar-refractivity contribution < 1.29 is 4.39 Å². The highest BCUT2D eigenvalue weighted by molar-refractivity contribution is 6.31. The lowest BCUT2D eigenvalue weighted by molar-refractivity contribution is 0.627. The number of hydrogen-bond donors (Lipinski definition) is 1. The van der Waals surface area contributed by atoms with Crippen molar-refractivity contribution in [2.24, 2.45) is 16.6 Å². The van der Waals surface area contributed by atoms with Gasteiger partial charge in [0, 0.05) is 41.7 Å². The van der Waals surface area contributed by atoms with Crippen LogP contribution in [0, 0.1) is 23.1 Å². The van der Waals surface area contributed by atoms with Crippen LogP contribution in [-0.2, 0) is 0 Å². The minimum Gasteiger partial charge on any atom is -0.398 e. The van der Waals surface area contributed by atoms with Crippen molar-refractivity contribution in [1.29, 1.82) is 5.26 Å². The summed E-state index contributed by atoms with van der Waals surface area (Å²) in [6, 6.07) is 12.1. The molecular formula is C21H18FN5. The zero-order chi connectivity index (χ0) is 19.0. The first-order valence-corrected chi connectivity index (χ1v) is 8.72. The Morgan fingerprint density at radius 3 is 2.56 bits per heavy atom. The Balaban J connectivity index is 1.94. The molecule has 5 nitrogen and oxygen atoms in total. The van der Waals surface area contributed by atoms with E-state index in [-0.39, 0.29) is 5.82 Å². The number of nitrogens with zero attached hydrogens (tertiary/aromatic N) is 4. The number of nitriles is 1. The van der Waals surface area contributed by atoms with Gasteiger partial charge in [-0.1, -0.05) is 0 Å². The van der Waals surface area contributed by atoms with Crippen LogP contribution < -0.4 is 5.73 Å². The Kier molecular flexibility index (Phi) is 4.21. The third-order valence-electron chi connectivity index (χ3n) is 4.79. The second kappa shape index (κ2) is 6.69. The van der Waals surface area contributed by atoms with Gasteiger partial charge in [0.1, 0.15) is 23.2 Å². The molecule has 4 rings (SSSR count). The normalized spacial score (nSPS) is 15.5. The zero-order valence-corrected chi connectivity index (χ0v) is 14.9. The standard InChI is InChI=1S/C21H18FN5/c1-25-21(14-2-3-14)19(20(24)13-4-7-16(22)8-5-13)15-6-9-18-26-11-17(10-23)27(18)12-15/h4-9,11-12,14H,2-3,24H2,1H3. The summed E-state index contributed by atoms with van der Waals surface area (Å²) in [5.41, 5.74) is 11.6. The van der Waals surface area contributed by atoms with Crippen LogP contribution in [0.2, 0.25) is 0 Å². The highest BCUT2D eigenvalue weighted by atomic mass is 19.1. The van der Waals surface area contributed by atoms with Crippen molar-refractivity contribution in [3.05, 3.63) is 71.4 Å². The molecule has 0 radical (unpaired) electrons. The Bertz CT molecular complexity index is 1110. The van der Waals surface area contributed by atoms with Crippen molar-refractivity contribution in [3.63, 3.8) is 0 Å². The highest BCUT2D eigenvalue weighted by Gasteiger charge is 2.31. The summed E-state index contributed by atoms with van der Waals surface area (Å²) in [4.78, 5) is 8.75. The highest BCUT2D eigenvalue weighted by Crippen LogP contribution is 2.38. The Labute approximate surface area is 156 Å². The van der Waals surface area contributed by atoms with E-state index in [9.17, 15) is 9.65 Å². The lowest BCUT2D eigenvalue weighted by Gasteiger charge is -2.16. The maximum absolute atomic E-state index is 13.3. The fourth-order valence-corrected chi connectivity index (χ4v) is 3.28. The molecule has 0 spiro atoms. The van der Waals surface area contributed by atoms with E-state index in [1.165, 1.54) is 12.1 Å². The van der Waals surface area contributed by atoms with Crippen LogP contribution in [0.4, 0.5) is 4.39 Å². The predicted molar refractivity (Wildman–Crippen MR) is 103 cm³/mol. The summed E-state index contributed by atoms with van der Waals surface area (Å²) in [5, 5.41) is 9.31. The quantitative estimate of drug-likeness (QED) is 0.722. The van der Waals surface area contributed by atoms with Crippen LogP contribution in [0.15, 0.2) is 53.8 Å². The average Bonchev–Trinajstić information content (AvgIpc) is 3.44. The molecular weight excluding hydrogens is 341 g/mol. The summed E-state index contributed by atoms with van der Waals surface area (Å²) in [7, 11) is 1.77. The molecule has 134 valence electrons. The second-order valence-corrected chi connectivity index (χ2v) is 6.58. The van der Waals surface area contributed by atoms with Gasteiger partial charge in [-0.3, -0.25) is 9.39 Å². The van der Waals surface area contributed by atoms with Gasteiger partial charge in [-0.15, -0.1) is 0 Å². The molecule has 1 aliphatic carbocycles. The number of aromatic nitrogens is 2. The molecule has 0 aliphatic heterocycles. The lowest BCUT2D eigenvalue weighted by Crippen LogP contribution is -2.12. The average molecular weight is 359 g/mol. The van der Waals surface area contributed by atoms with Gasteiger partial charge in [0.25, 0.3) is 0 Å². The molecule has 1 saturated carbocycles. The summed E-state index contributed by atoms with van der Waals surface area (Å²) < 4.78 is 15.1. The first kappa shape index (κ1) is 17.0. The minimum atomic E-state index is -0.307. The summed E-state index contributed by atoms with van der Waals surface area (Å²) >= 11 is 0. The van der Waals surface area contributed by atoms with Crippen LogP contribution in [0.1, 0.15) is 29.7 Å². The van der Waals surface area contributed by atoms with Gasteiger partial charge in [0.05, 0.1) is 6.20 Å². The fraction of sp³-hybridized carbons (Fsp3) is 0.190. The number of hydrogen-bond acceptors (Lipinski definition) is 4. The number of imidazole rings is 1. The Morgan fingerprint density at radius 2 is 1.93 bits per heavy atom. The second-order valence-electron chi connectivity index (χ2n) is 6.58. The smallest absolute Gasteiger partial charge is 0.144 e. The van der Waals surface area contributed by atoms with Gasteiger partial charge in [-0.05, 0) is 54.8 Å². The van der Waals surface area contributed by atoms with Crippen molar-refractivity contribution in [3.8, 4) is 6.07 Å². The lowest BCUT2D eigenvalue weighted by atomic mass is 9.94. The van der Waals surface area contributed by atoms with E-state index < -0.39 is 0 Å². The fourth-order valence-electron chi connectivity index (χ4n) is 3.28. The van der Waals surface area contributed by atoms with Crippen LogP contribution in [-0.4, -0.2) is 22.1 Å². The van der Waals surface area contributed by atoms with E-state index >= 15 is 0 Å². The number of allylic oxidation sites excluding steroid dienone is 1. The molecule has 2 heterocycles. The van der Waals surface area contributed by atoms with Crippen LogP contribution in [0.3, 0.4) is 0 Å². The molecule has 2 aromatic heterocycles. The van der Waals surface area contributed by atoms with Crippen molar-refractivity contribution in [2.75, 3.05) is 7.05 Å². The molecule has 0 bridgehead atoms. The number of fused-ring (bicyclic) bond motifs is 1. The first-order valence-electron chi connectivity index (χ1n) is 8.72. The predicted octanol–water partition coefficient (Wildman–Crippen LogP) is 3.65. The van der Waals surface area contributed by atoms with Gasteiger partial charge in [0.2, 0.25) is 0 Å². The monoisotopic (exact) mass is 359 g/mol. The van der Waals surface area contributed by atoms with Crippen molar-refractivity contribution in [1.82, 2.24) is 9.38 Å². The topological polar surface area (TPSA) is 79.5 Å². The van der Waals surface area contributed by atoms with E-state index in [0.717, 1.165) is 35.3 Å². The van der Waals surface area contributed by atoms with Crippen LogP contribution in [0.25, 0.3) is 16.9 Å². The molecule has 0 amide bonds. The molecule has 1 aromatic carbocycles. The summed E-state index contributed by atoms with van der Waals surface area (Å²) in [5.74, 6) is 0.0658. The van der Waals surface area contributed by atoms with Gasteiger partial charge in [-0.2, -0.15) is 5.26 Å². The molecule has 1 aliphatic rings. The van der Waals surface area contributed by atoms with E-state index in [4.69, 9.17) is 5.73 Å². The molecule has 0 unspecified atom stereocenters. The number of aliphatic imine (C=N–C) groups is 1. The largest absolute Gasteiger partial charge is 0.398 e. The molecule has 0 saturated heterocycles. The van der Waals surface area contributed by atoms with E-state index in [1.807, 2.05) is 18.3 Å². The van der Waals surface area contributed by atoms with Gasteiger partial charge < -0.3 is 5.73 Å². The number of pyridine rings is 1. The number of halogens is 1. The summed E-state index contributed by atoms with van der Waals surface area (Å²) in [6.45, 7) is 0. The third-order valence-corrected chi connectivity index (χ3v) is 4.79. The van der Waals surface area contributed by atoms with E-state index in [2.05, 4.69) is 16.0 Å². The number of benzene rings is 1. The maximum Gasteiger partial charge on any atom is 0.144 e. The third kappa shape index (κ3) is 3.08. The summed E-state index contributed by atoms with van der Waals surface area (Å²) in [6.07, 6.45) is 5.55. The van der Waals surface area contributed by atoms with Crippen LogP contribution >= 0.6 is 0 Å². The maximum atomic E-state index is 13.3. The van der Waals surface area contributed by atoms with Gasteiger partial charge in [0.15, 0.2) is 0 Å². The molecule has 1 fully saturated rings. The van der Waals surface area contributed by atoms with Gasteiger partial charge in [-0.25, -0.2) is 9.37 Å². The van der Waals surface area contributed by atoms with Gasteiger partial charge >= 0.3 is 0 Å². The minimum absolute atomic E-state index is 0.307. The van der Waals surface area contributed by atoms with E-state index in [1.54, 1.807) is 29.8 Å². The molecule has 0 atom stereocenters. The molecule has 2 N–H and O–H groups in total. The molecule has 27 heavy (non-hydrogen) atoms. The number of rotatable bonds is 4. The number of nitrogens with two attached hydrogens (primary N) is 1. The zero-order valence-electron chi connectivity index (χ0n) is 14.9.